The molecule has 2 saturated carbocycles. The van der Waals surface area contributed by atoms with Gasteiger partial charge in [-0.25, -0.2) is 0 Å². The van der Waals surface area contributed by atoms with Gasteiger partial charge < -0.3 is 4.81 Å². The molecule has 6 aliphatic rings. The van der Waals surface area contributed by atoms with Crippen molar-refractivity contribution in [2.24, 2.45) is 11.8 Å². The van der Waals surface area contributed by atoms with Gasteiger partial charge in [0.15, 0.2) is 6.71 Å². The summed E-state index contributed by atoms with van der Waals surface area (Å²) < 4.78 is -1.11. The van der Waals surface area contributed by atoms with Gasteiger partial charge in [0, 0.05) is 0 Å². The van der Waals surface area contributed by atoms with Gasteiger partial charge >= 0.3 is 0 Å². The van der Waals surface area contributed by atoms with Crippen LogP contribution in [0.15, 0.2) is 60.7 Å². The normalized spacial score (nSPS) is 24.4. The molecule has 0 aromatic heterocycles. The fraction of sp³-hybridized carbons (Fsp3) is 0.682. The number of hydrogen-bond donors (Lipinski definition) is 0. The molecule has 7 heteroatoms. The van der Waals surface area contributed by atoms with Crippen LogP contribution in [0.5, 0.6) is 0 Å². The zero-order valence-corrected chi connectivity index (χ0v) is 36.8. The van der Waals surface area contributed by atoms with Gasteiger partial charge in [-0.1, -0.05) is 173 Å². The van der Waals surface area contributed by atoms with E-state index in [1.54, 1.807) is 33.2 Å². The van der Waals surface area contributed by atoms with E-state index in [0.717, 1.165) is 6.85 Å². The summed E-state index contributed by atoms with van der Waals surface area (Å²) in [4.78, 5) is 2.34. The Labute approximate surface area is 336 Å². The van der Waals surface area contributed by atoms with Crippen LogP contribution in [0, 0.1) is 32.6 Å². The second kappa shape index (κ2) is 24.1. The summed E-state index contributed by atoms with van der Waals surface area (Å²) in [7, 11) is 4.35. The molecule has 4 unspecified atom stereocenters. The van der Waals surface area contributed by atoms with E-state index in [1.807, 2.05) is 0 Å². The molecular formula is C44H71B2Cl4N. The molecule has 4 aliphatic carbocycles. The maximum atomic E-state index is 5.30. The monoisotopic (exact) mass is 775 g/mol. The number of benzene rings is 1. The Morgan fingerprint density at radius 1 is 0.549 bits per heavy atom. The molecule has 7 rings (SSSR count). The van der Waals surface area contributed by atoms with E-state index in [9.17, 15) is 0 Å². The highest BCUT2D eigenvalue weighted by Gasteiger charge is 2.46. The largest absolute Gasteiger partial charge is 0.347 e. The quantitative estimate of drug-likeness (QED) is 0.214. The summed E-state index contributed by atoms with van der Waals surface area (Å²) in [5.41, 5.74) is 5.92. The van der Waals surface area contributed by atoms with E-state index in [-0.39, 0.29) is 0 Å². The van der Waals surface area contributed by atoms with Crippen LogP contribution in [-0.4, -0.2) is 41.1 Å². The number of aryl methyl sites for hydroxylation is 3. The molecule has 2 aliphatic heterocycles. The van der Waals surface area contributed by atoms with Crippen molar-refractivity contribution in [1.82, 2.24) is 4.81 Å². The lowest BCUT2D eigenvalue weighted by Gasteiger charge is -2.45. The molecule has 1 nitrogen and oxygen atoms in total. The van der Waals surface area contributed by atoms with Crippen molar-refractivity contribution in [2.45, 2.75) is 165 Å². The molecule has 0 spiro atoms. The minimum absolute atomic E-state index is 0.556. The first kappa shape index (κ1) is 46.6. The third kappa shape index (κ3) is 20.1. The topological polar surface area (TPSA) is 3.24 Å². The van der Waals surface area contributed by atoms with Crippen LogP contribution in [0.1, 0.15) is 128 Å². The molecule has 0 N–H and O–H groups in total. The zero-order chi connectivity index (χ0) is 38.0. The molecule has 2 saturated heterocycles. The van der Waals surface area contributed by atoms with Crippen LogP contribution in [0.2, 0.25) is 24.3 Å². The van der Waals surface area contributed by atoms with Crippen LogP contribution in [0.4, 0.5) is 0 Å². The summed E-state index contributed by atoms with van der Waals surface area (Å²) in [6.45, 7) is 15.2. The highest BCUT2D eigenvalue weighted by Crippen LogP contribution is 2.49. The van der Waals surface area contributed by atoms with Crippen molar-refractivity contribution in [1.29, 1.82) is 0 Å². The molecule has 0 amide bonds. The van der Waals surface area contributed by atoms with Crippen LogP contribution >= 0.6 is 46.4 Å². The Hall–Kier alpha value is -0.570. The number of allylic oxidation sites excluding steroid dienone is 8. The Bertz CT molecular complexity index is 1120. The molecule has 51 heavy (non-hydrogen) atoms. The number of fused-ring (bicyclic) bond motifs is 2. The lowest BCUT2D eigenvalue weighted by atomic mass is 9.23. The van der Waals surface area contributed by atoms with Crippen LogP contribution < -0.4 is 5.46 Å². The number of nitrogens with zero attached hydrogens (tertiary/aromatic N) is 1. The van der Waals surface area contributed by atoms with Crippen LogP contribution in [0.25, 0.3) is 0 Å². The summed E-state index contributed by atoms with van der Waals surface area (Å²) in [5.74, 6) is 2.64. The lowest BCUT2D eigenvalue weighted by Crippen LogP contribution is -2.49. The van der Waals surface area contributed by atoms with Crippen molar-refractivity contribution in [2.75, 3.05) is 14.1 Å². The predicted molar refractivity (Wildman–Crippen MR) is 238 cm³/mol. The second-order valence-corrected chi connectivity index (χ2v) is 20.9. The summed E-state index contributed by atoms with van der Waals surface area (Å²) in [6.07, 6.45) is 40.9. The fourth-order valence-electron chi connectivity index (χ4n) is 8.45. The lowest BCUT2D eigenvalue weighted by molar-refractivity contribution is 0.443. The Balaban J connectivity index is 0.000000261. The van der Waals surface area contributed by atoms with Gasteiger partial charge in [0.05, 0.1) is 0 Å². The van der Waals surface area contributed by atoms with E-state index in [1.165, 1.54) is 113 Å². The fourth-order valence-corrected chi connectivity index (χ4v) is 8.45. The first-order valence-electron chi connectivity index (χ1n) is 20.2. The Kier molecular flexibility index (Phi) is 22.0. The van der Waals surface area contributed by atoms with E-state index in [2.05, 4.69) is 100 Å². The molecule has 4 fully saturated rings. The van der Waals surface area contributed by atoms with Gasteiger partial charge in [0.25, 0.3) is 0 Å². The van der Waals surface area contributed by atoms with Gasteiger partial charge in [-0.3, -0.25) is 0 Å². The Morgan fingerprint density at radius 2 is 0.863 bits per heavy atom. The van der Waals surface area contributed by atoms with E-state index in [0.29, 0.717) is 30.2 Å². The van der Waals surface area contributed by atoms with Crippen LogP contribution in [0.3, 0.4) is 0 Å². The minimum atomic E-state index is -0.556. The van der Waals surface area contributed by atoms with Crippen molar-refractivity contribution >= 4 is 65.4 Å². The minimum Gasteiger partial charge on any atom is -0.347 e. The zero-order valence-electron chi connectivity index (χ0n) is 33.8. The third-order valence-corrected chi connectivity index (χ3v) is 10.6. The van der Waals surface area contributed by atoms with Gasteiger partial charge in [0.1, 0.15) is 8.67 Å². The maximum absolute atomic E-state index is 5.30. The van der Waals surface area contributed by atoms with E-state index < -0.39 is 8.67 Å². The molecule has 1 aromatic rings. The van der Waals surface area contributed by atoms with E-state index >= 15 is 0 Å². The first-order chi connectivity index (χ1) is 24.0. The smallest absolute Gasteiger partial charge is 0.222 e. The van der Waals surface area contributed by atoms with Crippen molar-refractivity contribution in [3.05, 3.63) is 77.4 Å². The molecule has 0 bridgehead atoms. The number of halogens is 4. The Morgan fingerprint density at radius 3 is 1.16 bits per heavy atom. The third-order valence-electron chi connectivity index (χ3n) is 10.6. The standard InChI is InChI=1S/C22H25B.C6H14BN.2C5H10.2C3H6Cl2/c1-15-12-16(2)22(17(3)13-15)23-20-10-6-4-8-18(20)14-19-9-5-7-11-21(19)23;1-8(2)7-5-3-4-6-7;2*1-2-4-5-3-1;2*1-3(2,4)5/h4-13,18-21H,14H2,1-3H3;3-6H2,1-2H3;2*1-5H2;2*1-2H3. The average molecular weight is 777 g/mol. The van der Waals surface area contributed by atoms with Crippen molar-refractivity contribution in [3.8, 4) is 0 Å². The molecular weight excluding hydrogens is 706 g/mol. The average Bonchev–Trinajstić information content (AvgIpc) is 3.86. The highest BCUT2D eigenvalue weighted by atomic mass is 35.5. The van der Waals surface area contributed by atoms with Crippen LogP contribution in [-0.2, 0) is 0 Å². The molecule has 1 aromatic carbocycles. The molecule has 4 atom stereocenters. The summed E-state index contributed by atoms with van der Waals surface area (Å²) >= 11 is 21.2. The number of hydrogen-bond acceptors (Lipinski definition) is 1. The summed E-state index contributed by atoms with van der Waals surface area (Å²) in [5, 5.41) is 0. The van der Waals surface area contributed by atoms with Gasteiger partial charge in [-0.2, -0.15) is 0 Å². The molecule has 0 radical (unpaired) electrons. The highest BCUT2D eigenvalue weighted by molar-refractivity contribution is 6.78. The van der Waals surface area contributed by atoms with Crippen molar-refractivity contribution in [3.63, 3.8) is 0 Å². The second-order valence-electron chi connectivity index (χ2n) is 16.7. The number of alkyl halides is 4. The maximum Gasteiger partial charge on any atom is 0.222 e. The SMILES string of the molecule is C1CCCC1.C1CCCC1.CC(C)(Cl)Cl.CC(C)(Cl)Cl.CN(C)B1CCCC1.Cc1cc(C)c(B2C3C=CC=CC3CC3C=CC=CC23)c(C)c1. The first-order valence-corrected chi connectivity index (χ1v) is 21.7. The predicted octanol–water partition coefficient (Wildman–Crippen LogP) is 14.6. The van der Waals surface area contributed by atoms with Gasteiger partial charge in [-0.05, 0) is 92.5 Å². The van der Waals surface area contributed by atoms with Crippen molar-refractivity contribution < 1.29 is 0 Å². The van der Waals surface area contributed by atoms with E-state index in [4.69, 9.17) is 46.4 Å². The van der Waals surface area contributed by atoms with Gasteiger partial charge in [0.2, 0.25) is 6.85 Å². The van der Waals surface area contributed by atoms with Gasteiger partial charge in [-0.15, -0.1) is 46.4 Å². The number of rotatable bonds is 2. The molecule has 2 heterocycles. The summed E-state index contributed by atoms with van der Waals surface area (Å²) in [6, 6.07) is 4.73. The molecule has 286 valence electrons.